The van der Waals surface area contributed by atoms with Gasteiger partial charge in [0.25, 0.3) is 0 Å². The maximum atomic E-state index is 11.6. The van der Waals surface area contributed by atoms with E-state index in [-0.39, 0.29) is 19.0 Å². The van der Waals surface area contributed by atoms with E-state index in [2.05, 4.69) is 5.32 Å². The third kappa shape index (κ3) is 3.86. The number of carboxylic acid groups (broad SMARTS) is 1. The minimum Gasteiger partial charge on any atom is -0.479 e. The number of carbonyl (C=O) groups excluding carboxylic acids is 1. The van der Waals surface area contributed by atoms with Gasteiger partial charge in [0.05, 0.1) is 12.6 Å². The molecular formula is C10H18N2O5. The number of rotatable bonds is 3. The fourth-order valence-corrected chi connectivity index (χ4v) is 1.62. The number of hydrogen-bond acceptors (Lipinski definition) is 4. The summed E-state index contributed by atoms with van der Waals surface area (Å²) in [6.45, 7) is 2.33. The lowest BCUT2D eigenvalue weighted by atomic mass is 9.96. The number of amides is 2. The van der Waals surface area contributed by atoms with Gasteiger partial charge in [0.1, 0.15) is 0 Å². The van der Waals surface area contributed by atoms with Crippen LogP contribution in [0.5, 0.6) is 0 Å². The average Bonchev–Trinajstić information content (AvgIpc) is 2.28. The number of nitrogens with one attached hydrogen (secondary N) is 1. The molecule has 1 aliphatic rings. The summed E-state index contributed by atoms with van der Waals surface area (Å²) in [5.74, 6) is -1.22. The quantitative estimate of drug-likeness (QED) is 0.502. The Balaban J connectivity index is 2.36. The van der Waals surface area contributed by atoms with Gasteiger partial charge in [-0.05, 0) is 12.3 Å². The van der Waals surface area contributed by atoms with E-state index in [9.17, 15) is 14.7 Å². The minimum absolute atomic E-state index is 0.156. The smallest absolute Gasteiger partial charge is 0.334 e. The van der Waals surface area contributed by atoms with Crippen LogP contribution in [0.2, 0.25) is 0 Å². The molecule has 7 nitrogen and oxygen atoms in total. The van der Waals surface area contributed by atoms with Gasteiger partial charge in [0.2, 0.25) is 0 Å². The number of piperidine rings is 1. The highest BCUT2D eigenvalue weighted by Gasteiger charge is 2.27. The van der Waals surface area contributed by atoms with Crippen LogP contribution in [0.4, 0.5) is 4.79 Å². The van der Waals surface area contributed by atoms with Crippen LogP contribution in [-0.2, 0) is 4.79 Å². The van der Waals surface area contributed by atoms with Crippen molar-refractivity contribution in [1.29, 1.82) is 0 Å². The second-order valence-electron chi connectivity index (χ2n) is 4.32. The van der Waals surface area contributed by atoms with Crippen LogP contribution in [0, 0.1) is 5.92 Å². The second kappa shape index (κ2) is 5.83. The predicted octanol–water partition coefficient (Wildman–Crippen LogP) is -1.16. The molecule has 0 saturated carbocycles. The Labute approximate surface area is 99.0 Å². The zero-order valence-corrected chi connectivity index (χ0v) is 9.67. The van der Waals surface area contributed by atoms with Crippen LogP contribution in [-0.4, -0.2) is 64.1 Å². The molecular weight excluding hydrogens is 228 g/mol. The van der Waals surface area contributed by atoms with Gasteiger partial charge in [-0.3, -0.25) is 0 Å². The summed E-state index contributed by atoms with van der Waals surface area (Å²) in [5.41, 5.74) is 0. The molecule has 1 aliphatic heterocycles. The molecule has 2 amide bonds. The Morgan fingerprint density at radius 3 is 2.71 bits per heavy atom. The molecule has 1 fully saturated rings. The van der Waals surface area contributed by atoms with Gasteiger partial charge in [-0.2, -0.15) is 0 Å². The Kier molecular flexibility index (Phi) is 4.71. The number of nitrogens with zero attached hydrogens (tertiary/aromatic N) is 1. The molecule has 0 aliphatic carbocycles. The standard InChI is InChI=1S/C10H18N2O5/c1-6-2-3-12(5-8(6)14)10(17)11-4-7(13)9(15)16/h6-8,13-14H,2-5H2,1H3,(H,11,17)(H,15,16). The Morgan fingerprint density at radius 1 is 1.53 bits per heavy atom. The van der Waals surface area contributed by atoms with E-state index in [0.29, 0.717) is 13.0 Å². The first-order chi connectivity index (χ1) is 7.91. The second-order valence-corrected chi connectivity index (χ2v) is 4.32. The van der Waals surface area contributed by atoms with Crippen molar-refractivity contribution in [2.75, 3.05) is 19.6 Å². The van der Waals surface area contributed by atoms with Crippen molar-refractivity contribution in [2.45, 2.75) is 25.6 Å². The molecule has 0 aromatic heterocycles. The maximum Gasteiger partial charge on any atom is 0.334 e. The van der Waals surface area contributed by atoms with Crippen molar-refractivity contribution < 1.29 is 24.9 Å². The summed E-state index contributed by atoms with van der Waals surface area (Å²) in [6.07, 6.45) is -1.46. The van der Waals surface area contributed by atoms with Crippen molar-refractivity contribution in [1.82, 2.24) is 10.2 Å². The maximum absolute atomic E-state index is 11.6. The topological polar surface area (TPSA) is 110 Å². The molecule has 0 radical (unpaired) electrons. The third-order valence-electron chi connectivity index (χ3n) is 2.94. The number of aliphatic carboxylic acids is 1. The van der Waals surface area contributed by atoms with Crippen LogP contribution in [0.25, 0.3) is 0 Å². The van der Waals surface area contributed by atoms with Crippen LogP contribution < -0.4 is 5.32 Å². The lowest BCUT2D eigenvalue weighted by molar-refractivity contribution is -0.146. The molecule has 4 N–H and O–H groups in total. The van der Waals surface area contributed by atoms with Gasteiger partial charge in [-0.15, -0.1) is 0 Å². The van der Waals surface area contributed by atoms with E-state index in [4.69, 9.17) is 10.2 Å². The van der Waals surface area contributed by atoms with E-state index in [1.54, 1.807) is 0 Å². The first-order valence-corrected chi connectivity index (χ1v) is 5.53. The predicted molar refractivity (Wildman–Crippen MR) is 58.4 cm³/mol. The molecule has 98 valence electrons. The number of β-amino-alcohol motifs (C(OH)–C–C–N with tert-alkyl or cyclic N) is 1. The van der Waals surface area contributed by atoms with Gasteiger partial charge in [0, 0.05) is 13.1 Å². The van der Waals surface area contributed by atoms with E-state index < -0.39 is 24.2 Å². The number of urea groups is 1. The molecule has 0 bridgehead atoms. The SMILES string of the molecule is CC1CCN(C(=O)NCC(O)C(=O)O)CC1O. The number of aliphatic hydroxyl groups is 2. The van der Waals surface area contributed by atoms with Crippen LogP contribution in [0.15, 0.2) is 0 Å². The highest BCUT2D eigenvalue weighted by atomic mass is 16.4. The van der Waals surface area contributed by atoms with Gasteiger partial charge >= 0.3 is 12.0 Å². The van der Waals surface area contributed by atoms with Crippen molar-refractivity contribution in [3.8, 4) is 0 Å². The monoisotopic (exact) mass is 246 g/mol. The summed E-state index contributed by atoms with van der Waals surface area (Å²) >= 11 is 0. The highest BCUT2D eigenvalue weighted by molar-refractivity contribution is 5.76. The highest BCUT2D eigenvalue weighted by Crippen LogP contribution is 2.16. The molecule has 3 unspecified atom stereocenters. The molecule has 17 heavy (non-hydrogen) atoms. The summed E-state index contributed by atoms with van der Waals surface area (Å²) in [7, 11) is 0. The lowest BCUT2D eigenvalue weighted by Crippen LogP contribution is -2.51. The van der Waals surface area contributed by atoms with E-state index in [1.165, 1.54) is 4.90 Å². The van der Waals surface area contributed by atoms with E-state index >= 15 is 0 Å². The molecule has 0 spiro atoms. The molecule has 0 aromatic carbocycles. The Morgan fingerprint density at radius 2 is 2.18 bits per heavy atom. The zero-order valence-electron chi connectivity index (χ0n) is 9.67. The van der Waals surface area contributed by atoms with Crippen LogP contribution in [0.3, 0.4) is 0 Å². The lowest BCUT2D eigenvalue weighted by Gasteiger charge is -2.34. The molecule has 1 rings (SSSR count). The Hall–Kier alpha value is -1.34. The molecule has 7 heteroatoms. The largest absolute Gasteiger partial charge is 0.479 e. The number of carbonyl (C=O) groups is 2. The summed E-state index contributed by atoms with van der Waals surface area (Å²) in [6, 6.07) is -0.462. The van der Waals surface area contributed by atoms with Gasteiger partial charge < -0.3 is 25.5 Å². The van der Waals surface area contributed by atoms with Crippen molar-refractivity contribution in [3.05, 3.63) is 0 Å². The number of aliphatic hydroxyl groups excluding tert-OH is 2. The summed E-state index contributed by atoms with van der Waals surface area (Å²) < 4.78 is 0. The summed E-state index contributed by atoms with van der Waals surface area (Å²) in [5, 5.41) is 29.3. The Bertz CT molecular complexity index is 296. The number of hydrogen-bond donors (Lipinski definition) is 4. The minimum atomic E-state index is -1.60. The van der Waals surface area contributed by atoms with Gasteiger partial charge in [-0.1, -0.05) is 6.92 Å². The number of likely N-dealkylation sites (tertiary alicyclic amines) is 1. The first-order valence-electron chi connectivity index (χ1n) is 5.53. The normalized spacial score (nSPS) is 26.4. The molecule has 0 aromatic rings. The van der Waals surface area contributed by atoms with Gasteiger partial charge in [0.15, 0.2) is 6.10 Å². The fraction of sp³-hybridized carbons (Fsp3) is 0.800. The fourth-order valence-electron chi connectivity index (χ4n) is 1.62. The van der Waals surface area contributed by atoms with E-state index in [1.807, 2.05) is 6.92 Å². The van der Waals surface area contributed by atoms with Crippen molar-refractivity contribution >= 4 is 12.0 Å². The van der Waals surface area contributed by atoms with Gasteiger partial charge in [-0.25, -0.2) is 9.59 Å². The van der Waals surface area contributed by atoms with E-state index in [0.717, 1.165) is 0 Å². The number of carboxylic acids is 1. The molecule has 3 atom stereocenters. The zero-order chi connectivity index (χ0) is 13.0. The molecule has 1 heterocycles. The first kappa shape index (κ1) is 13.7. The van der Waals surface area contributed by atoms with Crippen molar-refractivity contribution in [2.24, 2.45) is 5.92 Å². The third-order valence-corrected chi connectivity index (χ3v) is 2.94. The summed E-state index contributed by atoms with van der Waals surface area (Å²) in [4.78, 5) is 23.3. The average molecular weight is 246 g/mol. The van der Waals surface area contributed by atoms with Crippen LogP contribution >= 0.6 is 0 Å². The van der Waals surface area contributed by atoms with Crippen LogP contribution in [0.1, 0.15) is 13.3 Å². The van der Waals surface area contributed by atoms with Crippen molar-refractivity contribution in [3.63, 3.8) is 0 Å². The molecule has 1 saturated heterocycles.